The van der Waals surface area contributed by atoms with Gasteiger partial charge < -0.3 is 16.4 Å². The molecule has 0 unspecified atom stereocenters. The minimum absolute atomic E-state index is 0.0645. The number of carbonyl (C=O) groups is 2. The Morgan fingerprint density at radius 3 is 2.56 bits per heavy atom. The standard InChI is InChI=1S/C10H18N6O2/c1-5(2)9(18)12-4-7(17)13-6(3)8-14-10(11)16-15-8/h5-6H,4H2,1-3H3,(H,12,18)(H,13,17)(H3,11,14,15,16)/t6-/m1/s1. The zero-order valence-electron chi connectivity index (χ0n) is 10.7. The number of H-pyrrole nitrogens is 1. The van der Waals surface area contributed by atoms with Crippen LogP contribution in [0.15, 0.2) is 0 Å². The van der Waals surface area contributed by atoms with Gasteiger partial charge in [0.25, 0.3) is 0 Å². The van der Waals surface area contributed by atoms with Crippen molar-refractivity contribution in [3.05, 3.63) is 5.82 Å². The van der Waals surface area contributed by atoms with E-state index in [0.717, 1.165) is 0 Å². The first kappa shape index (κ1) is 13.9. The number of amides is 2. The highest BCUT2D eigenvalue weighted by Crippen LogP contribution is 2.05. The summed E-state index contributed by atoms with van der Waals surface area (Å²) < 4.78 is 0. The van der Waals surface area contributed by atoms with Gasteiger partial charge in [0.05, 0.1) is 12.6 Å². The third-order valence-corrected chi connectivity index (χ3v) is 2.26. The number of aromatic nitrogens is 3. The van der Waals surface area contributed by atoms with Crippen molar-refractivity contribution in [3.63, 3.8) is 0 Å². The van der Waals surface area contributed by atoms with Crippen molar-refractivity contribution < 1.29 is 9.59 Å². The molecule has 0 bridgehead atoms. The monoisotopic (exact) mass is 254 g/mol. The highest BCUT2D eigenvalue weighted by molar-refractivity contribution is 5.85. The highest BCUT2D eigenvalue weighted by atomic mass is 16.2. The normalized spacial score (nSPS) is 12.2. The number of nitrogen functional groups attached to an aromatic ring is 1. The average molecular weight is 254 g/mol. The van der Waals surface area contributed by atoms with E-state index in [1.165, 1.54) is 0 Å². The molecule has 0 aromatic carbocycles. The first-order chi connectivity index (χ1) is 8.40. The second kappa shape index (κ2) is 5.99. The number of hydrogen-bond donors (Lipinski definition) is 4. The van der Waals surface area contributed by atoms with Crippen LogP contribution >= 0.6 is 0 Å². The van der Waals surface area contributed by atoms with Crippen LogP contribution in [-0.2, 0) is 9.59 Å². The number of carbonyl (C=O) groups excluding carboxylic acids is 2. The maximum Gasteiger partial charge on any atom is 0.239 e. The van der Waals surface area contributed by atoms with Crippen LogP contribution in [0.4, 0.5) is 5.95 Å². The molecule has 2 amide bonds. The Morgan fingerprint density at radius 2 is 2.06 bits per heavy atom. The van der Waals surface area contributed by atoms with Crippen LogP contribution in [0, 0.1) is 5.92 Å². The van der Waals surface area contributed by atoms with Crippen LogP contribution in [-0.4, -0.2) is 33.5 Å². The van der Waals surface area contributed by atoms with Gasteiger partial charge in [0.15, 0.2) is 0 Å². The molecule has 0 saturated carbocycles. The van der Waals surface area contributed by atoms with Crippen LogP contribution in [0.3, 0.4) is 0 Å². The van der Waals surface area contributed by atoms with E-state index in [1.54, 1.807) is 20.8 Å². The number of rotatable bonds is 5. The Hall–Kier alpha value is -2.12. The van der Waals surface area contributed by atoms with Crippen LogP contribution in [0.5, 0.6) is 0 Å². The van der Waals surface area contributed by atoms with Crippen LogP contribution in [0.2, 0.25) is 0 Å². The fourth-order valence-corrected chi connectivity index (χ4v) is 1.21. The summed E-state index contributed by atoms with van der Waals surface area (Å²) in [4.78, 5) is 26.7. The molecule has 1 aromatic heterocycles. The van der Waals surface area contributed by atoms with E-state index in [-0.39, 0.29) is 36.3 Å². The molecule has 1 heterocycles. The molecule has 0 aliphatic heterocycles. The maximum atomic E-state index is 11.5. The van der Waals surface area contributed by atoms with Crippen molar-refractivity contribution in [3.8, 4) is 0 Å². The molecule has 0 fully saturated rings. The first-order valence-corrected chi connectivity index (χ1v) is 5.65. The van der Waals surface area contributed by atoms with E-state index in [9.17, 15) is 9.59 Å². The molecule has 1 aromatic rings. The topological polar surface area (TPSA) is 126 Å². The summed E-state index contributed by atoms with van der Waals surface area (Å²) in [5.41, 5.74) is 5.36. The van der Waals surface area contributed by atoms with Gasteiger partial charge in [-0.05, 0) is 6.92 Å². The van der Waals surface area contributed by atoms with Gasteiger partial charge in [-0.2, -0.15) is 4.98 Å². The van der Waals surface area contributed by atoms with Gasteiger partial charge in [-0.15, -0.1) is 5.10 Å². The fraction of sp³-hybridized carbons (Fsp3) is 0.600. The van der Waals surface area contributed by atoms with E-state index >= 15 is 0 Å². The maximum absolute atomic E-state index is 11.5. The minimum atomic E-state index is -0.349. The predicted molar refractivity (Wildman–Crippen MR) is 65.2 cm³/mol. The van der Waals surface area contributed by atoms with Gasteiger partial charge in [-0.25, -0.2) is 0 Å². The number of nitrogens with zero attached hydrogens (tertiary/aromatic N) is 2. The average Bonchev–Trinajstić information content (AvgIpc) is 2.72. The van der Waals surface area contributed by atoms with Gasteiger partial charge in [0.1, 0.15) is 5.82 Å². The largest absolute Gasteiger partial charge is 0.367 e. The number of hydrogen-bond acceptors (Lipinski definition) is 5. The smallest absolute Gasteiger partial charge is 0.239 e. The van der Waals surface area contributed by atoms with E-state index in [2.05, 4.69) is 25.8 Å². The van der Waals surface area contributed by atoms with Crippen molar-refractivity contribution in [1.29, 1.82) is 0 Å². The molecular formula is C10H18N6O2. The molecule has 18 heavy (non-hydrogen) atoms. The third kappa shape index (κ3) is 4.04. The van der Waals surface area contributed by atoms with Crippen molar-refractivity contribution in [1.82, 2.24) is 25.8 Å². The Labute approximate surface area is 105 Å². The summed E-state index contributed by atoms with van der Waals surface area (Å²) in [6.45, 7) is 5.19. The van der Waals surface area contributed by atoms with Crippen LogP contribution in [0.1, 0.15) is 32.6 Å². The second-order valence-corrected chi connectivity index (χ2v) is 4.24. The summed E-state index contributed by atoms with van der Waals surface area (Å²) in [5, 5.41) is 11.5. The molecule has 0 spiro atoms. The van der Waals surface area contributed by atoms with Gasteiger partial charge in [0.2, 0.25) is 17.8 Å². The number of nitrogens with two attached hydrogens (primary N) is 1. The lowest BCUT2D eigenvalue weighted by Crippen LogP contribution is -2.39. The molecule has 8 nitrogen and oxygen atoms in total. The van der Waals surface area contributed by atoms with Gasteiger partial charge in [-0.1, -0.05) is 13.8 Å². The van der Waals surface area contributed by atoms with Gasteiger partial charge in [0, 0.05) is 5.92 Å². The second-order valence-electron chi connectivity index (χ2n) is 4.24. The van der Waals surface area contributed by atoms with E-state index in [4.69, 9.17) is 5.73 Å². The molecule has 0 aliphatic rings. The SMILES string of the molecule is CC(C)C(=O)NCC(=O)N[C@H](C)c1nc(N)n[nH]1. The molecule has 0 saturated heterocycles. The molecule has 0 aliphatic carbocycles. The minimum Gasteiger partial charge on any atom is -0.367 e. The van der Waals surface area contributed by atoms with Crippen molar-refractivity contribution in [2.75, 3.05) is 12.3 Å². The zero-order chi connectivity index (χ0) is 13.7. The summed E-state index contributed by atoms with van der Waals surface area (Å²) in [6.07, 6.45) is 0. The fourth-order valence-electron chi connectivity index (χ4n) is 1.21. The lowest BCUT2D eigenvalue weighted by atomic mass is 10.2. The Kier molecular flexibility index (Phi) is 4.64. The van der Waals surface area contributed by atoms with Crippen LogP contribution in [0.25, 0.3) is 0 Å². The lowest BCUT2D eigenvalue weighted by molar-refractivity contribution is -0.128. The summed E-state index contributed by atoms with van der Waals surface area (Å²) >= 11 is 0. The molecule has 100 valence electrons. The van der Waals surface area contributed by atoms with E-state index < -0.39 is 0 Å². The van der Waals surface area contributed by atoms with Crippen molar-refractivity contribution >= 4 is 17.8 Å². The summed E-state index contributed by atoms with van der Waals surface area (Å²) in [6, 6.07) is -0.349. The number of aromatic amines is 1. The van der Waals surface area contributed by atoms with Gasteiger partial charge in [-0.3, -0.25) is 14.7 Å². The predicted octanol–water partition coefficient (Wildman–Crippen LogP) is -0.664. The van der Waals surface area contributed by atoms with Crippen LogP contribution < -0.4 is 16.4 Å². The molecule has 1 rings (SSSR count). The molecule has 0 radical (unpaired) electrons. The first-order valence-electron chi connectivity index (χ1n) is 5.65. The molecule has 1 atom stereocenters. The number of nitrogens with one attached hydrogen (secondary N) is 3. The summed E-state index contributed by atoms with van der Waals surface area (Å²) in [7, 11) is 0. The molecule has 8 heteroatoms. The third-order valence-electron chi connectivity index (χ3n) is 2.26. The van der Waals surface area contributed by atoms with Crippen molar-refractivity contribution in [2.24, 2.45) is 5.92 Å². The Morgan fingerprint density at radius 1 is 1.39 bits per heavy atom. The highest BCUT2D eigenvalue weighted by Gasteiger charge is 2.14. The quantitative estimate of drug-likeness (QED) is 0.554. The van der Waals surface area contributed by atoms with E-state index in [1.807, 2.05) is 0 Å². The lowest BCUT2D eigenvalue weighted by Gasteiger charge is -2.12. The number of anilines is 1. The molecule has 5 N–H and O–H groups in total. The van der Waals surface area contributed by atoms with Gasteiger partial charge >= 0.3 is 0 Å². The van der Waals surface area contributed by atoms with E-state index in [0.29, 0.717) is 5.82 Å². The molecular weight excluding hydrogens is 236 g/mol. The Balaban J connectivity index is 2.38. The zero-order valence-corrected chi connectivity index (χ0v) is 10.7. The summed E-state index contributed by atoms with van der Waals surface area (Å²) in [5.74, 6) is -0.0206. The Bertz CT molecular complexity index is 428. The van der Waals surface area contributed by atoms with Crippen molar-refractivity contribution in [2.45, 2.75) is 26.8 Å².